The number of amides is 1. The number of benzene rings is 1. The van der Waals surface area contributed by atoms with Gasteiger partial charge in [0.25, 0.3) is 0 Å². The number of hydrogen-bond acceptors (Lipinski definition) is 3. The zero-order valence-electron chi connectivity index (χ0n) is 12.1. The van der Waals surface area contributed by atoms with Crippen molar-refractivity contribution in [2.75, 3.05) is 20.1 Å². The monoisotopic (exact) mass is 277 g/mol. The van der Waals surface area contributed by atoms with E-state index in [9.17, 15) is 9.18 Å². The van der Waals surface area contributed by atoms with Crippen LogP contribution in [0, 0.1) is 23.1 Å². The number of halogens is 1. The molecular formula is C15H20FN3O. The second-order valence-corrected chi connectivity index (χ2v) is 5.17. The van der Waals surface area contributed by atoms with Gasteiger partial charge in [-0.15, -0.1) is 0 Å². The van der Waals surface area contributed by atoms with Gasteiger partial charge in [-0.25, -0.2) is 4.39 Å². The van der Waals surface area contributed by atoms with Crippen molar-refractivity contribution in [1.29, 1.82) is 5.26 Å². The summed E-state index contributed by atoms with van der Waals surface area (Å²) in [7, 11) is 1.71. The molecule has 5 heteroatoms. The Balaban J connectivity index is 2.71. The van der Waals surface area contributed by atoms with Crippen LogP contribution < -0.4 is 5.32 Å². The quantitative estimate of drug-likeness (QED) is 0.810. The van der Waals surface area contributed by atoms with Gasteiger partial charge < -0.3 is 5.32 Å². The van der Waals surface area contributed by atoms with Gasteiger partial charge in [0.1, 0.15) is 5.82 Å². The molecule has 1 unspecified atom stereocenters. The van der Waals surface area contributed by atoms with Gasteiger partial charge in [0, 0.05) is 0 Å². The molecule has 108 valence electrons. The molecule has 0 aliphatic heterocycles. The molecule has 0 spiro atoms. The number of carbonyl (C=O) groups excluding carboxylic acids is 1. The minimum absolute atomic E-state index is 0.147. The van der Waals surface area contributed by atoms with Crippen molar-refractivity contribution in [3.8, 4) is 6.07 Å². The Kier molecular flexibility index (Phi) is 6.13. The van der Waals surface area contributed by atoms with Crippen molar-refractivity contribution < 1.29 is 9.18 Å². The second kappa shape index (κ2) is 7.61. The fourth-order valence-electron chi connectivity index (χ4n) is 1.95. The molecule has 0 aliphatic carbocycles. The van der Waals surface area contributed by atoms with Gasteiger partial charge in [0.15, 0.2) is 0 Å². The highest BCUT2D eigenvalue weighted by Gasteiger charge is 2.19. The average Bonchev–Trinajstić information content (AvgIpc) is 2.37. The predicted octanol–water partition coefficient (Wildman–Crippen LogP) is 2.09. The van der Waals surface area contributed by atoms with Crippen LogP contribution in [0.5, 0.6) is 0 Å². The van der Waals surface area contributed by atoms with Gasteiger partial charge in [0.2, 0.25) is 5.91 Å². The van der Waals surface area contributed by atoms with E-state index in [4.69, 9.17) is 5.26 Å². The topological polar surface area (TPSA) is 56.1 Å². The van der Waals surface area contributed by atoms with Crippen LogP contribution in [0.3, 0.4) is 0 Å². The zero-order valence-corrected chi connectivity index (χ0v) is 12.1. The van der Waals surface area contributed by atoms with Gasteiger partial charge in [-0.2, -0.15) is 5.26 Å². The number of likely N-dealkylation sites (N-methyl/N-ethyl adjacent to an activating group) is 1. The fourth-order valence-corrected chi connectivity index (χ4v) is 1.95. The summed E-state index contributed by atoms with van der Waals surface area (Å²) in [6.07, 6.45) is 0. The molecule has 20 heavy (non-hydrogen) atoms. The van der Waals surface area contributed by atoms with E-state index in [1.54, 1.807) is 24.1 Å². The first-order chi connectivity index (χ1) is 9.43. The standard InChI is InChI=1S/C15H20FN3O/c1-11(2)15(12-4-6-13(16)7-5-12)18-14(20)10-19(3)9-8-17/h4-7,11,15H,9-10H2,1-3H3,(H,18,20). The average molecular weight is 277 g/mol. The largest absolute Gasteiger partial charge is 0.348 e. The van der Waals surface area contributed by atoms with E-state index in [1.165, 1.54) is 12.1 Å². The van der Waals surface area contributed by atoms with Crippen LogP contribution in [0.1, 0.15) is 25.5 Å². The predicted molar refractivity (Wildman–Crippen MR) is 75.2 cm³/mol. The molecule has 1 N–H and O–H groups in total. The molecule has 0 fully saturated rings. The third kappa shape index (κ3) is 4.98. The first-order valence-corrected chi connectivity index (χ1v) is 6.54. The third-order valence-electron chi connectivity index (χ3n) is 2.97. The minimum atomic E-state index is -0.295. The summed E-state index contributed by atoms with van der Waals surface area (Å²) < 4.78 is 12.9. The van der Waals surface area contributed by atoms with Gasteiger partial charge in [-0.3, -0.25) is 9.69 Å². The molecule has 0 radical (unpaired) electrons. The molecule has 0 bridgehead atoms. The van der Waals surface area contributed by atoms with E-state index in [1.807, 2.05) is 19.9 Å². The summed E-state index contributed by atoms with van der Waals surface area (Å²) in [5.74, 6) is -0.257. The summed E-state index contributed by atoms with van der Waals surface area (Å²) in [5, 5.41) is 11.5. The molecule has 1 atom stereocenters. The smallest absolute Gasteiger partial charge is 0.234 e. The molecule has 1 amide bonds. The van der Waals surface area contributed by atoms with E-state index < -0.39 is 0 Å². The van der Waals surface area contributed by atoms with Crippen molar-refractivity contribution in [3.05, 3.63) is 35.6 Å². The molecule has 0 aliphatic rings. The number of nitrogens with zero attached hydrogens (tertiary/aromatic N) is 2. The van der Waals surface area contributed by atoms with Gasteiger partial charge in [-0.1, -0.05) is 26.0 Å². The maximum atomic E-state index is 12.9. The van der Waals surface area contributed by atoms with Crippen LogP contribution in [0.2, 0.25) is 0 Å². The van der Waals surface area contributed by atoms with E-state index in [-0.39, 0.29) is 36.8 Å². The summed E-state index contributed by atoms with van der Waals surface area (Å²) in [6.45, 7) is 4.36. The van der Waals surface area contributed by atoms with Crippen molar-refractivity contribution in [2.45, 2.75) is 19.9 Å². The summed E-state index contributed by atoms with van der Waals surface area (Å²) in [6, 6.07) is 7.96. The lowest BCUT2D eigenvalue weighted by Crippen LogP contribution is -2.39. The maximum Gasteiger partial charge on any atom is 0.234 e. The summed E-state index contributed by atoms with van der Waals surface area (Å²) in [4.78, 5) is 13.6. The molecular weight excluding hydrogens is 257 g/mol. The molecule has 0 aromatic heterocycles. The highest BCUT2D eigenvalue weighted by atomic mass is 19.1. The number of nitrogens with one attached hydrogen (secondary N) is 1. The van der Waals surface area contributed by atoms with Gasteiger partial charge in [-0.05, 0) is 30.7 Å². The molecule has 0 heterocycles. The van der Waals surface area contributed by atoms with Crippen LogP contribution in [-0.4, -0.2) is 30.9 Å². The Morgan fingerprint density at radius 1 is 1.40 bits per heavy atom. The molecule has 0 saturated heterocycles. The number of hydrogen-bond donors (Lipinski definition) is 1. The van der Waals surface area contributed by atoms with Crippen molar-refractivity contribution in [1.82, 2.24) is 10.2 Å². The van der Waals surface area contributed by atoms with Gasteiger partial charge >= 0.3 is 0 Å². The first-order valence-electron chi connectivity index (χ1n) is 6.54. The lowest BCUT2D eigenvalue weighted by atomic mass is 9.96. The maximum absolute atomic E-state index is 12.9. The van der Waals surface area contributed by atoms with Crippen molar-refractivity contribution in [2.24, 2.45) is 5.92 Å². The second-order valence-electron chi connectivity index (χ2n) is 5.17. The highest BCUT2D eigenvalue weighted by Crippen LogP contribution is 2.21. The number of rotatable bonds is 6. The highest BCUT2D eigenvalue weighted by molar-refractivity contribution is 5.78. The van der Waals surface area contributed by atoms with Crippen LogP contribution in [0.4, 0.5) is 4.39 Å². The van der Waals surface area contributed by atoms with Crippen LogP contribution in [0.15, 0.2) is 24.3 Å². The lowest BCUT2D eigenvalue weighted by Gasteiger charge is -2.24. The van der Waals surface area contributed by atoms with Crippen LogP contribution >= 0.6 is 0 Å². The zero-order chi connectivity index (χ0) is 15.1. The summed E-state index contributed by atoms with van der Waals surface area (Å²) in [5.41, 5.74) is 0.873. The Hall–Kier alpha value is -1.93. The molecule has 1 aromatic carbocycles. The Bertz CT molecular complexity index is 479. The van der Waals surface area contributed by atoms with Crippen molar-refractivity contribution >= 4 is 5.91 Å². The summed E-state index contributed by atoms with van der Waals surface area (Å²) >= 11 is 0. The minimum Gasteiger partial charge on any atom is -0.348 e. The first kappa shape index (κ1) is 16.1. The Labute approximate surface area is 119 Å². The van der Waals surface area contributed by atoms with Crippen molar-refractivity contribution in [3.63, 3.8) is 0 Å². The molecule has 4 nitrogen and oxygen atoms in total. The van der Waals surface area contributed by atoms with E-state index in [0.717, 1.165) is 5.56 Å². The molecule has 1 rings (SSSR count). The van der Waals surface area contributed by atoms with E-state index in [2.05, 4.69) is 5.32 Å². The molecule has 0 saturated carbocycles. The number of carbonyl (C=O) groups is 1. The Morgan fingerprint density at radius 2 is 2.00 bits per heavy atom. The van der Waals surface area contributed by atoms with Crippen LogP contribution in [-0.2, 0) is 4.79 Å². The normalized spacial score (nSPS) is 12.2. The third-order valence-corrected chi connectivity index (χ3v) is 2.97. The SMILES string of the molecule is CC(C)C(NC(=O)CN(C)CC#N)c1ccc(F)cc1. The van der Waals surface area contributed by atoms with E-state index >= 15 is 0 Å². The molecule has 1 aromatic rings. The number of nitriles is 1. The lowest BCUT2D eigenvalue weighted by molar-refractivity contribution is -0.122. The fraction of sp³-hybridized carbons (Fsp3) is 0.467. The van der Waals surface area contributed by atoms with Crippen LogP contribution in [0.25, 0.3) is 0 Å². The van der Waals surface area contributed by atoms with Gasteiger partial charge in [0.05, 0.1) is 25.2 Å². The van der Waals surface area contributed by atoms with E-state index in [0.29, 0.717) is 0 Å². The Morgan fingerprint density at radius 3 is 2.50 bits per heavy atom.